The van der Waals surface area contributed by atoms with E-state index in [2.05, 4.69) is 0 Å². The van der Waals surface area contributed by atoms with Crippen LogP contribution in [0.1, 0.15) is 11.1 Å². The molecule has 0 radical (unpaired) electrons. The number of primary amides is 1. The van der Waals surface area contributed by atoms with E-state index in [-0.39, 0.29) is 12.5 Å². The van der Waals surface area contributed by atoms with Crippen molar-refractivity contribution in [1.82, 2.24) is 4.90 Å². The van der Waals surface area contributed by atoms with Crippen LogP contribution in [-0.2, 0) is 11.2 Å². The van der Waals surface area contributed by atoms with E-state index in [0.717, 1.165) is 30.0 Å². The fourth-order valence-electron chi connectivity index (χ4n) is 1.95. The monoisotopic (exact) mass is 266 g/mol. The standard InChI is InChI=1S/C14H22N2O3/c1-10-7-12(18-3)13(19-4)8-11(10)5-6-16(2)9-14(15)17/h7-8H,5-6,9H2,1-4H3,(H2,15,17). The van der Waals surface area contributed by atoms with E-state index >= 15 is 0 Å². The summed E-state index contributed by atoms with van der Waals surface area (Å²) in [5, 5.41) is 0. The van der Waals surface area contributed by atoms with Crippen LogP contribution >= 0.6 is 0 Å². The second-order valence-corrected chi connectivity index (χ2v) is 4.59. The van der Waals surface area contributed by atoms with Gasteiger partial charge in [-0.25, -0.2) is 0 Å². The molecule has 0 fully saturated rings. The maximum absolute atomic E-state index is 10.8. The van der Waals surface area contributed by atoms with Crippen LogP contribution in [0.4, 0.5) is 0 Å². The first-order valence-electron chi connectivity index (χ1n) is 6.16. The Morgan fingerprint density at radius 2 is 1.84 bits per heavy atom. The number of amides is 1. The SMILES string of the molecule is COc1cc(C)c(CCN(C)CC(N)=O)cc1OC. The molecule has 0 saturated heterocycles. The molecule has 1 aromatic carbocycles. The van der Waals surface area contributed by atoms with Crippen LogP contribution in [0.3, 0.4) is 0 Å². The minimum Gasteiger partial charge on any atom is -0.493 e. The number of nitrogens with two attached hydrogens (primary N) is 1. The predicted octanol–water partition coefficient (Wildman–Crippen LogP) is 0.972. The zero-order valence-electron chi connectivity index (χ0n) is 12.0. The summed E-state index contributed by atoms with van der Waals surface area (Å²) in [5.41, 5.74) is 7.48. The number of carbonyl (C=O) groups is 1. The van der Waals surface area contributed by atoms with E-state index in [1.165, 1.54) is 5.56 Å². The van der Waals surface area contributed by atoms with Gasteiger partial charge in [0.1, 0.15) is 0 Å². The number of rotatable bonds is 7. The van der Waals surface area contributed by atoms with Gasteiger partial charge in [-0.15, -0.1) is 0 Å². The van der Waals surface area contributed by atoms with Crippen LogP contribution < -0.4 is 15.2 Å². The Hall–Kier alpha value is -1.75. The highest BCUT2D eigenvalue weighted by atomic mass is 16.5. The van der Waals surface area contributed by atoms with E-state index in [1.54, 1.807) is 14.2 Å². The van der Waals surface area contributed by atoms with Gasteiger partial charge in [-0.05, 0) is 43.7 Å². The van der Waals surface area contributed by atoms with Crippen LogP contribution in [0.5, 0.6) is 11.5 Å². The molecule has 0 heterocycles. The van der Waals surface area contributed by atoms with Gasteiger partial charge in [0.05, 0.1) is 20.8 Å². The molecule has 0 aliphatic heterocycles. The van der Waals surface area contributed by atoms with Crippen LogP contribution in [-0.4, -0.2) is 45.2 Å². The summed E-state index contributed by atoms with van der Waals surface area (Å²) < 4.78 is 10.5. The molecule has 0 aliphatic carbocycles. The summed E-state index contributed by atoms with van der Waals surface area (Å²) in [6.45, 7) is 3.07. The Balaban J connectivity index is 2.75. The van der Waals surface area contributed by atoms with Crippen molar-refractivity contribution in [2.24, 2.45) is 5.73 Å². The highest BCUT2D eigenvalue weighted by Gasteiger charge is 2.10. The van der Waals surface area contributed by atoms with Gasteiger partial charge in [-0.3, -0.25) is 9.69 Å². The fraction of sp³-hybridized carbons (Fsp3) is 0.500. The number of hydrogen-bond acceptors (Lipinski definition) is 4. The number of methoxy groups -OCH3 is 2. The number of benzene rings is 1. The Morgan fingerprint density at radius 1 is 1.26 bits per heavy atom. The first kappa shape index (κ1) is 15.3. The molecule has 1 rings (SSSR count). The highest BCUT2D eigenvalue weighted by Crippen LogP contribution is 2.30. The third kappa shape index (κ3) is 4.44. The molecule has 0 aromatic heterocycles. The van der Waals surface area contributed by atoms with Crippen molar-refractivity contribution < 1.29 is 14.3 Å². The van der Waals surface area contributed by atoms with Crippen molar-refractivity contribution >= 4 is 5.91 Å². The lowest BCUT2D eigenvalue weighted by molar-refractivity contribution is -0.118. The Morgan fingerprint density at radius 3 is 2.37 bits per heavy atom. The molecule has 5 nitrogen and oxygen atoms in total. The Bertz CT molecular complexity index is 447. The van der Waals surface area contributed by atoms with Crippen molar-refractivity contribution in [3.63, 3.8) is 0 Å². The number of carbonyl (C=O) groups excluding carboxylic acids is 1. The van der Waals surface area contributed by atoms with Gasteiger partial charge in [0, 0.05) is 6.54 Å². The Labute approximate surface area is 114 Å². The van der Waals surface area contributed by atoms with Crippen molar-refractivity contribution in [3.05, 3.63) is 23.3 Å². The third-order valence-corrected chi connectivity index (χ3v) is 3.03. The van der Waals surface area contributed by atoms with Crippen molar-refractivity contribution in [2.45, 2.75) is 13.3 Å². The molecule has 0 saturated carbocycles. The van der Waals surface area contributed by atoms with Gasteiger partial charge in [-0.2, -0.15) is 0 Å². The van der Waals surface area contributed by atoms with Crippen molar-refractivity contribution in [3.8, 4) is 11.5 Å². The number of likely N-dealkylation sites (N-methyl/N-ethyl adjacent to an activating group) is 1. The number of aryl methyl sites for hydroxylation is 1. The van der Waals surface area contributed by atoms with Crippen LogP contribution in [0.15, 0.2) is 12.1 Å². The third-order valence-electron chi connectivity index (χ3n) is 3.03. The molecule has 1 aromatic rings. The second kappa shape index (κ2) is 6.99. The van der Waals surface area contributed by atoms with Crippen molar-refractivity contribution in [1.29, 1.82) is 0 Å². The van der Waals surface area contributed by atoms with Crippen LogP contribution in [0.2, 0.25) is 0 Å². The smallest absolute Gasteiger partial charge is 0.231 e. The molecule has 0 atom stereocenters. The van der Waals surface area contributed by atoms with Gasteiger partial charge in [0.25, 0.3) is 0 Å². The molecular weight excluding hydrogens is 244 g/mol. The van der Waals surface area contributed by atoms with Crippen LogP contribution in [0.25, 0.3) is 0 Å². The average molecular weight is 266 g/mol. The van der Waals surface area contributed by atoms with E-state index < -0.39 is 0 Å². The minimum atomic E-state index is -0.313. The molecule has 0 spiro atoms. The largest absolute Gasteiger partial charge is 0.493 e. The normalized spacial score (nSPS) is 10.6. The first-order chi connectivity index (χ1) is 8.97. The van der Waals surface area contributed by atoms with E-state index in [1.807, 2.05) is 31.0 Å². The average Bonchev–Trinajstić information content (AvgIpc) is 2.36. The molecular formula is C14H22N2O3. The highest BCUT2D eigenvalue weighted by molar-refractivity contribution is 5.75. The van der Waals surface area contributed by atoms with Gasteiger partial charge in [0.2, 0.25) is 5.91 Å². The zero-order valence-corrected chi connectivity index (χ0v) is 12.0. The van der Waals surface area contributed by atoms with E-state index in [9.17, 15) is 4.79 Å². The molecule has 0 unspecified atom stereocenters. The molecule has 0 aliphatic rings. The summed E-state index contributed by atoms with van der Waals surface area (Å²) in [6.07, 6.45) is 0.829. The minimum absolute atomic E-state index is 0.270. The quantitative estimate of drug-likeness (QED) is 0.798. The molecule has 106 valence electrons. The summed E-state index contributed by atoms with van der Waals surface area (Å²) in [5.74, 6) is 1.14. The maximum Gasteiger partial charge on any atom is 0.231 e. The van der Waals surface area contributed by atoms with E-state index in [4.69, 9.17) is 15.2 Å². The number of ether oxygens (including phenoxy) is 2. The number of nitrogens with zero attached hydrogens (tertiary/aromatic N) is 1. The van der Waals surface area contributed by atoms with Gasteiger partial charge < -0.3 is 15.2 Å². The zero-order chi connectivity index (χ0) is 14.4. The molecule has 0 bridgehead atoms. The van der Waals surface area contributed by atoms with Gasteiger partial charge >= 0.3 is 0 Å². The summed E-state index contributed by atoms with van der Waals surface area (Å²) in [7, 11) is 5.12. The lowest BCUT2D eigenvalue weighted by atomic mass is 10.0. The first-order valence-corrected chi connectivity index (χ1v) is 6.16. The predicted molar refractivity (Wildman–Crippen MR) is 74.7 cm³/mol. The summed E-state index contributed by atoms with van der Waals surface area (Å²) >= 11 is 0. The molecule has 5 heteroatoms. The Kier molecular flexibility index (Phi) is 5.63. The summed E-state index contributed by atoms with van der Waals surface area (Å²) in [6, 6.07) is 3.94. The van der Waals surface area contributed by atoms with Crippen molar-refractivity contribution in [2.75, 3.05) is 34.4 Å². The van der Waals surface area contributed by atoms with Crippen LogP contribution in [0, 0.1) is 6.92 Å². The van der Waals surface area contributed by atoms with Gasteiger partial charge in [-0.1, -0.05) is 0 Å². The molecule has 19 heavy (non-hydrogen) atoms. The van der Waals surface area contributed by atoms with Gasteiger partial charge in [0.15, 0.2) is 11.5 Å². The second-order valence-electron chi connectivity index (χ2n) is 4.59. The topological polar surface area (TPSA) is 64.8 Å². The number of hydrogen-bond donors (Lipinski definition) is 1. The van der Waals surface area contributed by atoms with E-state index in [0.29, 0.717) is 0 Å². The molecule has 1 amide bonds. The molecule has 2 N–H and O–H groups in total. The maximum atomic E-state index is 10.8. The lowest BCUT2D eigenvalue weighted by Gasteiger charge is -2.17. The summed E-state index contributed by atoms with van der Waals surface area (Å²) in [4.78, 5) is 12.7. The fourth-order valence-corrected chi connectivity index (χ4v) is 1.95. The lowest BCUT2D eigenvalue weighted by Crippen LogP contribution is -2.32.